The summed E-state index contributed by atoms with van der Waals surface area (Å²) < 4.78 is 32.7. The smallest absolute Gasteiger partial charge is 0.510 e. The summed E-state index contributed by atoms with van der Waals surface area (Å²) in [7, 11) is -3.69. The van der Waals surface area contributed by atoms with Crippen molar-refractivity contribution < 1.29 is 38.2 Å². The van der Waals surface area contributed by atoms with Crippen molar-refractivity contribution in [1.29, 1.82) is 0 Å². The lowest BCUT2D eigenvalue weighted by molar-refractivity contribution is -0.407. The van der Waals surface area contributed by atoms with Gasteiger partial charge in [0.05, 0.1) is 12.3 Å². The van der Waals surface area contributed by atoms with Gasteiger partial charge in [-0.05, 0) is 0 Å². The lowest BCUT2D eigenvalue weighted by Crippen LogP contribution is -2.49. The van der Waals surface area contributed by atoms with Crippen molar-refractivity contribution in [3.63, 3.8) is 0 Å². The van der Waals surface area contributed by atoms with Gasteiger partial charge in [-0.1, -0.05) is 0 Å². The lowest BCUT2D eigenvalue weighted by atomic mass is 10.1. The zero-order valence-corrected chi connectivity index (χ0v) is 13.8. The standard InChI is InChI=1S/C11H17FN5O7P/c1-16-3-17(8-5(16)9(20)15-11(13)14-8)10-7(19)6(18)4(24-10)2-23-25(12,21)22/h3-4,6-7,9-10,18-19H,2H2,1H3,(H,21,22)(H3,13,14,15)/q-1/t4-,6-,7-,9?,10-/m1/s1. The van der Waals surface area contributed by atoms with E-state index in [-0.39, 0.29) is 17.5 Å². The highest BCUT2D eigenvalue weighted by Crippen LogP contribution is 2.44. The maximum Gasteiger partial charge on any atom is 0.510 e. The van der Waals surface area contributed by atoms with Crippen LogP contribution in [0.25, 0.3) is 0 Å². The van der Waals surface area contributed by atoms with Crippen LogP contribution in [0.4, 0.5) is 4.20 Å². The number of hydrogen-bond acceptors (Lipinski definition) is 11. The molecule has 12 nitrogen and oxygen atoms in total. The van der Waals surface area contributed by atoms with Crippen molar-refractivity contribution in [3.8, 4) is 0 Å². The van der Waals surface area contributed by atoms with Crippen LogP contribution in [0.3, 0.4) is 0 Å². The molecule has 0 aromatic carbocycles. The number of rotatable bonds is 4. The molecule has 3 aliphatic heterocycles. The van der Waals surface area contributed by atoms with Gasteiger partial charge in [0.2, 0.25) is 0 Å². The van der Waals surface area contributed by atoms with Crippen LogP contribution in [-0.4, -0.2) is 75.3 Å². The molecule has 0 bridgehead atoms. The maximum atomic E-state index is 12.6. The van der Waals surface area contributed by atoms with Crippen LogP contribution in [0.1, 0.15) is 0 Å². The number of hydrogen-bond donors (Lipinski definition) is 5. The monoisotopic (exact) mass is 381 g/mol. The molecule has 1 fully saturated rings. The van der Waals surface area contributed by atoms with Crippen molar-refractivity contribution >= 4 is 13.9 Å². The van der Waals surface area contributed by atoms with Crippen LogP contribution in [0.15, 0.2) is 16.5 Å². The van der Waals surface area contributed by atoms with Crippen LogP contribution in [0.2, 0.25) is 0 Å². The molecule has 14 heteroatoms. The van der Waals surface area contributed by atoms with Gasteiger partial charge in [-0.15, -0.1) is 4.20 Å². The number of nitrogens with zero attached hydrogens (tertiary/aromatic N) is 3. The molecule has 3 heterocycles. The number of nitrogens with one attached hydrogen (secondary N) is 1. The van der Waals surface area contributed by atoms with E-state index in [0.717, 1.165) is 0 Å². The first-order chi connectivity index (χ1) is 11.6. The summed E-state index contributed by atoms with van der Waals surface area (Å²) in [5.41, 5.74) is 5.77. The van der Waals surface area contributed by atoms with Crippen LogP contribution < -0.4 is 16.2 Å². The van der Waals surface area contributed by atoms with E-state index in [1.54, 1.807) is 7.05 Å². The lowest BCUT2D eigenvalue weighted by Gasteiger charge is -2.32. The van der Waals surface area contributed by atoms with Crippen molar-refractivity contribution in [2.75, 3.05) is 13.7 Å². The normalized spacial score (nSPS) is 37.7. The van der Waals surface area contributed by atoms with Crippen LogP contribution in [-0.2, 0) is 13.8 Å². The zero-order chi connectivity index (χ0) is 18.5. The van der Waals surface area contributed by atoms with Crippen molar-refractivity contribution in [1.82, 2.24) is 15.1 Å². The molecule has 1 saturated heterocycles. The molecule has 6 atom stereocenters. The maximum absolute atomic E-state index is 12.6. The Balaban J connectivity index is 1.77. The number of aliphatic hydroxyl groups excluding tert-OH is 2. The third-order valence-electron chi connectivity index (χ3n) is 3.92. The van der Waals surface area contributed by atoms with E-state index in [9.17, 15) is 24.1 Å². The number of guanidine groups is 1. The minimum absolute atomic E-state index is 0.126. The van der Waals surface area contributed by atoms with Gasteiger partial charge in [0.25, 0.3) is 0 Å². The summed E-state index contributed by atoms with van der Waals surface area (Å²) in [6.45, 7) is 0.669. The molecule has 0 aromatic rings. The first-order valence-electron chi connectivity index (χ1n) is 7.13. The topological polar surface area (TPSA) is 176 Å². The second-order valence-corrected chi connectivity index (χ2v) is 6.81. The number of aliphatic imine (C=N–C) groups is 1. The summed E-state index contributed by atoms with van der Waals surface area (Å²) in [6.07, 6.45) is -6.93. The predicted molar refractivity (Wildman–Crippen MR) is 77.0 cm³/mol. The number of ether oxygens (including phenoxy) is 1. The Hall–Kier alpha value is -1.47. The Kier molecular flexibility index (Phi) is 4.66. The van der Waals surface area contributed by atoms with E-state index < -0.39 is 45.3 Å². The highest BCUT2D eigenvalue weighted by molar-refractivity contribution is 7.46. The number of aliphatic hydroxyl groups is 2. The molecule has 0 saturated carbocycles. The summed E-state index contributed by atoms with van der Waals surface area (Å²) >= 11 is 0. The average molecular weight is 381 g/mol. The van der Waals surface area contributed by atoms with Crippen molar-refractivity contribution in [2.45, 2.75) is 30.8 Å². The third-order valence-corrected chi connectivity index (χ3v) is 4.39. The highest BCUT2D eigenvalue weighted by atomic mass is 31.2. The minimum Gasteiger partial charge on any atom is -0.830 e. The quantitative estimate of drug-likeness (QED) is 0.308. The Labute approximate surface area is 141 Å². The average Bonchev–Trinajstić information content (AvgIpc) is 2.95. The third kappa shape index (κ3) is 3.44. The minimum atomic E-state index is -5.26. The van der Waals surface area contributed by atoms with E-state index in [4.69, 9.17) is 15.4 Å². The second kappa shape index (κ2) is 6.36. The van der Waals surface area contributed by atoms with Gasteiger partial charge in [-0.2, -0.15) is 0 Å². The number of nitrogens with two attached hydrogens (primary N) is 1. The summed E-state index contributed by atoms with van der Waals surface area (Å²) in [5.74, 6) is 0.0881. The number of halogens is 1. The van der Waals surface area contributed by atoms with Gasteiger partial charge >= 0.3 is 7.91 Å². The van der Waals surface area contributed by atoms with Gasteiger partial charge in [-0.3, -0.25) is 14.4 Å². The van der Waals surface area contributed by atoms with Gasteiger partial charge in [0.1, 0.15) is 30.8 Å². The zero-order valence-electron chi connectivity index (χ0n) is 12.9. The van der Waals surface area contributed by atoms with E-state index in [1.165, 1.54) is 16.5 Å². The van der Waals surface area contributed by atoms with E-state index in [0.29, 0.717) is 0 Å². The largest absolute Gasteiger partial charge is 0.830 e. The fourth-order valence-corrected chi connectivity index (χ4v) is 3.15. The molecule has 1 radical (unpaired) electrons. The van der Waals surface area contributed by atoms with Gasteiger partial charge in [-0.25, -0.2) is 4.57 Å². The van der Waals surface area contributed by atoms with Gasteiger partial charge in [0.15, 0.2) is 12.2 Å². The molecule has 0 spiro atoms. The fraction of sp³-hybridized carbons (Fsp3) is 0.636. The molecule has 2 unspecified atom stereocenters. The molecule has 0 amide bonds. The second-order valence-electron chi connectivity index (χ2n) is 5.65. The summed E-state index contributed by atoms with van der Waals surface area (Å²) in [6, 6.07) is 0. The summed E-state index contributed by atoms with van der Waals surface area (Å²) in [5, 5.41) is 34.9. The van der Waals surface area contributed by atoms with Gasteiger partial charge < -0.3 is 40.9 Å². The highest BCUT2D eigenvalue weighted by Gasteiger charge is 2.49. The molecule has 3 aliphatic rings. The Morgan fingerprint density at radius 3 is 2.88 bits per heavy atom. The van der Waals surface area contributed by atoms with Gasteiger partial charge in [0, 0.05) is 13.3 Å². The van der Waals surface area contributed by atoms with E-state index >= 15 is 0 Å². The van der Waals surface area contributed by atoms with E-state index in [1.807, 2.05) is 0 Å². The molecule has 141 valence electrons. The molecular weight excluding hydrogens is 364 g/mol. The first kappa shape index (κ1) is 18.3. The molecule has 25 heavy (non-hydrogen) atoms. The van der Waals surface area contributed by atoms with Crippen LogP contribution >= 0.6 is 7.91 Å². The van der Waals surface area contributed by atoms with Crippen LogP contribution in [0, 0.1) is 6.67 Å². The first-order valence-corrected chi connectivity index (χ1v) is 8.60. The Morgan fingerprint density at radius 2 is 2.24 bits per heavy atom. The predicted octanol–water partition coefficient (Wildman–Crippen LogP) is -3.34. The van der Waals surface area contributed by atoms with Crippen molar-refractivity contribution in [2.24, 2.45) is 10.7 Å². The molecule has 0 aliphatic carbocycles. The SMILES string of the molecule is CN1[CH]N([C@@H]2O[C@H](COP(=O)(O)F)[C@@H](O)[C@H]2O)C2=C1C([O-])N=C(N)N2. The fourth-order valence-electron chi connectivity index (χ4n) is 2.82. The summed E-state index contributed by atoms with van der Waals surface area (Å²) in [4.78, 5) is 14.9. The molecule has 6 N–H and O–H groups in total. The molecule has 3 rings (SSSR count). The van der Waals surface area contributed by atoms with Crippen molar-refractivity contribution in [3.05, 3.63) is 18.2 Å². The Bertz CT molecular complexity index is 657. The number of likely N-dealkylation sites (N-methyl/N-ethyl adjacent to an activating group) is 1. The molecule has 0 aromatic heterocycles. The Morgan fingerprint density at radius 1 is 1.56 bits per heavy atom. The molecular formula is C11H17FN5O7P-. The van der Waals surface area contributed by atoms with Crippen LogP contribution in [0.5, 0.6) is 0 Å². The van der Waals surface area contributed by atoms with E-state index in [2.05, 4.69) is 14.8 Å².